The van der Waals surface area contributed by atoms with E-state index in [0.29, 0.717) is 40.6 Å². The minimum absolute atomic E-state index is 0.0220. The number of anilines is 1. The van der Waals surface area contributed by atoms with Crippen LogP contribution in [0.2, 0.25) is 30.8 Å². The van der Waals surface area contributed by atoms with Gasteiger partial charge in [0.25, 0.3) is 0 Å². The number of fused-ring (bicyclic) bond motifs is 3. The summed E-state index contributed by atoms with van der Waals surface area (Å²) in [5, 5.41) is 17.5. The number of pyridine rings is 1. The van der Waals surface area contributed by atoms with E-state index in [-0.39, 0.29) is 36.3 Å². The zero-order chi connectivity index (χ0) is 25.3. The van der Waals surface area contributed by atoms with Gasteiger partial charge in [-0.15, -0.1) is 0 Å². The number of aliphatic imine (C=N–C) groups is 1. The Balaban J connectivity index is 1.88. The van der Waals surface area contributed by atoms with Gasteiger partial charge >= 0.3 is 0 Å². The van der Waals surface area contributed by atoms with Crippen molar-refractivity contribution < 1.29 is 18.6 Å². The average Bonchev–Trinajstić information content (AvgIpc) is 2.96. The van der Waals surface area contributed by atoms with Crippen LogP contribution >= 0.6 is 11.6 Å². The zero-order valence-electron chi connectivity index (χ0n) is 20.1. The molecule has 0 spiro atoms. The topological polar surface area (TPSA) is 84.6 Å². The highest BCUT2D eigenvalue weighted by molar-refractivity contribution is 6.76. The van der Waals surface area contributed by atoms with Crippen LogP contribution in [0.5, 0.6) is 0 Å². The minimum atomic E-state index is -1.27. The normalized spacial score (nSPS) is 13.1. The Morgan fingerprint density at radius 1 is 1.20 bits per heavy atom. The standard InChI is InChI=1S/C24H28ClF2N5O2Si/c1-14-21-23(32(31-14)13-34-10-11-35(2,3)4)15-12-19(25)28-18(8-9-33)22(15)30-24(29-21)20-16(26)6-5-7-17(20)27/h5-7,12,33H,8-11,13H2,1-4H3,(H,29,30). The van der Waals surface area contributed by atoms with E-state index in [1.54, 1.807) is 17.7 Å². The fourth-order valence-electron chi connectivity index (χ4n) is 3.87. The van der Waals surface area contributed by atoms with Gasteiger partial charge in [0.1, 0.15) is 35.0 Å². The Labute approximate surface area is 208 Å². The molecule has 3 heterocycles. The fraction of sp³-hybridized carbons (Fsp3) is 0.375. The molecule has 0 unspecified atom stereocenters. The van der Waals surface area contributed by atoms with Gasteiger partial charge in [0.05, 0.1) is 28.3 Å². The van der Waals surface area contributed by atoms with Gasteiger partial charge in [-0.05, 0) is 31.2 Å². The van der Waals surface area contributed by atoms with Crippen LogP contribution in [0.4, 0.5) is 20.2 Å². The van der Waals surface area contributed by atoms with Gasteiger partial charge in [-0.1, -0.05) is 37.3 Å². The number of rotatable bonds is 8. The molecular formula is C24H28ClF2N5O2Si. The van der Waals surface area contributed by atoms with Crippen LogP contribution in [0.1, 0.15) is 17.0 Å². The average molecular weight is 520 g/mol. The molecule has 0 saturated carbocycles. The summed E-state index contributed by atoms with van der Waals surface area (Å²) in [6.07, 6.45) is 0.179. The third-order valence-electron chi connectivity index (χ3n) is 5.64. The molecule has 4 rings (SSSR count). The van der Waals surface area contributed by atoms with Gasteiger partial charge < -0.3 is 15.2 Å². The molecule has 0 saturated heterocycles. The number of ether oxygens (including phenoxy) is 1. The highest BCUT2D eigenvalue weighted by Gasteiger charge is 2.29. The Hall–Kier alpha value is -2.66. The highest BCUT2D eigenvalue weighted by Crippen LogP contribution is 2.43. The first-order valence-corrected chi connectivity index (χ1v) is 15.4. The summed E-state index contributed by atoms with van der Waals surface area (Å²) in [6.45, 7) is 9.19. The molecule has 186 valence electrons. The number of aliphatic hydroxyl groups excluding tert-OH is 1. The van der Waals surface area contributed by atoms with Crippen LogP contribution in [-0.2, 0) is 17.9 Å². The monoisotopic (exact) mass is 519 g/mol. The largest absolute Gasteiger partial charge is 0.396 e. The van der Waals surface area contributed by atoms with Crippen molar-refractivity contribution in [1.29, 1.82) is 0 Å². The van der Waals surface area contributed by atoms with Crippen LogP contribution in [0.25, 0.3) is 11.3 Å². The predicted molar refractivity (Wildman–Crippen MR) is 136 cm³/mol. The molecule has 2 N–H and O–H groups in total. The van der Waals surface area contributed by atoms with Crippen molar-refractivity contribution in [2.75, 3.05) is 18.5 Å². The second-order valence-electron chi connectivity index (χ2n) is 9.60. The van der Waals surface area contributed by atoms with Crippen LogP contribution in [-0.4, -0.2) is 47.0 Å². The molecule has 0 radical (unpaired) electrons. The Morgan fingerprint density at radius 2 is 1.91 bits per heavy atom. The molecule has 0 bridgehead atoms. The second-order valence-corrected chi connectivity index (χ2v) is 15.6. The van der Waals surface area contributed by atoms with Gasteiger partial charge in [0.2, 0.25) is 0 Å². The highest BCUT2D eigenvalue weighted by atomic mass is 35.5. The van der Waals surface area contributed by atoms with E-state index in [9.17, 15) is 13.9 Å². The van der Waals surface area contributed by atoms with E-state index in [0.717, 1.165) is 6.04 Å². The number of hydrogen-bond donors (Lipinski definition) is 2. The summed E-state index contributed by atoms with van der Waals surface area (Å²) in [4.78, 5) is 8.97. The smallest absolute Gasteiger partial charge is 0.144 e. The number of aliphatic hydroxyl groups is 1. The maximum Gasteiger partial charge on any atom is 0.144 e. The Morgan fingerprint density at radius 3 is 2.57 bits per heavy atom. The number of aromatic nitrogens is 3. The van der Waals surface area contributed by atoms with Crippen LogP contribution in [0.15, 0.2) is 29.3 Å². The number of benzene rings is 1. The minimum Gasteiger partial charge on any atom is -0.396 e. The van der Waals surface area contributed by atoms with Crippen molar-refractivity contribution in [3.05, 3.63) is 58.0 Å². The molecule has 3 aromatic rings. The summed E-state index contributed by atoms with van der Waals surface area (Å²) in [5.41, 5.74) is 2.80. The van der Waals surface area contributed by atoms with Crippen molar-refractivity contribution in [2.45, 2.75) is 45.8 Å². The van der Waals surface area contributed by atoms with E-state index in [1.807, 2.05) is 0 Å². The first kappa shape index (κ1) is 25.4. The number of nitrogens with zero attached hydrogens (tertiary/aromatic N) is 4. The zero-order valence-corrected chi connectivity index (χ0v) is 21.9. The molecule has 0 amide bonds. The molecule has 0 aliphatic carbocycles. The van der Waals surface area contributed by atoms with E-state index in [1.165, 1.54) is 18.2 Å². The maximum absolute atomic E-state index is 14.8. The first-order valence-electron chi connectivity index (χ1n) is 11.3. The molecule has 1 aromatic carbocycles. The SMILES string of the molecule is Cc1nn(COCC[Si](C)(C)C)c2c1N=C(c1c(F)cccc1F)Nc1c-2cc(Cl)nc1CCO. The van der Waals surface area contributed by atoms with Gasteiger partial charge in [-0.2, -0.15) is 5.10 Å². The number of hydrogen-bond acceptors (Lipinski definition) is 6. The Kier molecular flexibility index (Phi) is 7.37. The summed E-state index contributed by atoms with van der Waals surface area (Å²) >= 11 is 6.34. The lowest BCUT2D eigenvalue weighted by molar-refractivity contribution is 0.0796. The molecule has 11 heteroatoms. The van der Waals surface area contributed by atoms with Crippen molar-refractivity contribution in [3.8, 4) is 11.3 Å². The van der Waals surface area contributed by atoms with E-state index in [2.05, 4.69) is 40.0 Å². The molecule has 2 aromatic heterocycles. The van der Waals surface area contributed by atoms with Crippen molar-refractivity contribution in [3.63, 3.8) is 0 Å². The molecule has 7 nitrogen and oxygen atoms in total. The van der Waals surface area contributed by atoms with Gasteiger partial charge in [-0.25, -0.2) is 23.4 Å². The number of halogens is 3. The van der Waals surface area contributed by atoms with Crippen molar-refractivity contribution >= 4 is 36.9 Å². The summed E-state index contributed by atoms with van der Waals surface area (Å²) in [6, 6.07) is 6.29. The molecular weight excluding hydrogens is 492 g/mol. The van der Waals surface area contributed by atoms with Crippen LogP contribution in [0, 0.1) is 18.6 Å². The predicted octanol–water partition coefficient (Wildman–Crippen LogP) is 5.54. The van der Waals surface area contributed by atoms with Gasteiger partial charge in [-0.3, -0.25) is 0 Å². The summed E-state index contributed by atoms with van der Waals surface area (Å²) in [5.74, 6) is -1.54. The molecule has 1 aliphatic rings. The third kappa shape index (κ3) is 5.45. The molecule has 0 atom stereocenters. The third-order valence-corrected chi connectivity index (χ3v) is 7.54. The van der Waals surface area contributed by atoms with Gasteiger partial charge in [0, 0.05) is 33.3 Å². The lowest BCUT2D eigenvalue weighted by Gasteiger charge is -2.18. The van der Waals surface area contributed by atoms with E-state index in [4.69, 9.17) is 16.3 Å². The number of nitrogens with one attached hydrogen (secondary N) is 1. The maximum atomic E-state index is 14.8. The molecule has 0 fully saturated rings. The quantitative estimate of drug-likeness (QED) is 0.232. The van der Waals surface area contributed by atoms with Crippen LogP contribution < -0.4 is 5.32 Å². The first-order chi connectivity index (χ1) is 16.6. The van der Waals surface area contributed by atoms with Crippen LogP contribution in [0.3, 0.4) is 0 Å². The van der Waals surface area contributed by atoms with Gasteiger partial charge in [0.15, 0.2) is 0 Å². The van der Waals surface area contributed by atoms with E-state index >= 15 is 0 Å². The van der Waals surface area contributed by atoms with Crippen molar-refractivity contribution in [2.24, 2.45) is 4.99 Å². The lowest BCUT2D eigenvalue weighted by atomic mass is 10.1. The van der Waals surface area contributed by atoms with E-state index < -0.39 is 19.7 Å². The van der Waals surface area contributed by atoms with Crippen molar-refractivity contribution in [1.82, 2.24) is 14.8 Å². The Bertz CT molecular complexity index is 1270. The molecule has 35 heavy (non-hydrogen) atoms. The summed E-state index contributed by atoms with van der Waals surface area (Å²) in [7, 11) is -1.27. The second kappa shape index (κ2) is 10.1. The number of aryl methyl sites for hydroxylation is 1. The molecule has 1 aliphatic heterocycles. The number of amidine groups is 1. The summed E-state index contributed by atoms with van der Waals surface area (Å²) < 4.78 is 37.2. The fourth-order valence-corrected chi connectivity index (χ4v) is 4.84. The lowest BCUT2D eigenvalue weighted by Crippen LogP contribution is -2.22.